The summed E-state index contributed by atoms with van der Waals surface area (Å²) in [5.41, 5.74) is 6.35. The van der Waals surface area contributed by atoms with E-state index in [1.807, 2.05) is 85.8 Å². The van der Waals surface area contributed by atoms with Gasteiger partial charge in [0.25, 0.3) is 0 Å². The monoisotopic (exact) mass is 484 g/mol. The zero-order chi connectivity index (χ0) is 24.4. The SMILES string of the molecule is CC(OC(=O)Nc1scnc1-c1ccc(-c2ccc(C3(C(=O)O)CC3)cc2)cc1)c1ccccc1. The Morgan fingerprint density at radius 1 is 0.943 bits per heavy atom. The number of anilines is 1. The Kier molecular flexibility index (Phi) is 6.09. The highest BCUT2D eigenvalue weighted by molar-refractivity contribution is 7.14. The molecule has 0 aliphatic heterocycles. The lowest BCUT2D eigenvalue weighted by Gasteiger charge is -2.14. The van der Waals surface area contributed by atoms with Crippen LogP contribution in [-0.2, 0) is 14.9 Å². The van der Waals surface area contributed by atoms with Crippen molar-refractivity contribution in [1.29, 1.82) is 0 Å². The van der Waals surface area contributed by atoms with Crippen molar-refractivity contribution in [1.82, 2.24) is 4.98 Å². The molecule has 2 N–H and O–H groups in total. The number of ether oxygens (including phenoxy) is 1. The third kappa shape index (κ3) is 4.68. The number of rotatable bonds is 7. The van der Waals surface area contributed by atoms with E-state index in [1.54, 1.807) is 5.51 Å². The van der Waals surface area contributed by atoms with E-state index in [1.165, 1.54) is 11.3 Å². The van der Waals surface area contributed by atoms with E-state index < -0.39 is 17.5 Å². The fourth-order valence-electron chi connectivity index (χ4n) is 4.17. The van der Waals surface area contributed by atoms with Crippen LogP contribution in [0, 0.1) is 0 Å². The van der Waals surface area contributed by atoms with Crippen molar-refractivity contribution in [3.05, 3.63) is 95.5 Å². The van der Waals surface area contributed by atoms with Crippen LogP contribution in [0.3, 0.4) is 0 Å². The molecule has 1 saturated carbocycles. The molecule has 1 fully saturated rings. The van der Waals surface area contributed by atoms with Gasteiger partial charge in [-0.15, -0.1) is 11.3 Å². The molecule has 4 aromatic rings. The van der Waals surface area contributed by atoms with Crippen LogP contribution >= 0.6 is 11.3 Å². The number of aromatic nitrogens is 1. The summed E-state index contributed by atoms with van der Waals surface area (Å²) in [5, 5.41) is 12.9. The van der Waals surface area contributed by atoms with E-state index in [2.05, 4.69) is 10.3 Å². The Labute approximate surface area is 207 Å². The van der Waals surface area contributed by atoms with Crippen molar-refractivity contribution in [3.8, 4) is 22.4 Å². The van der Waals surface area contributed by atoms with E-state index in [4.69, 9.17) is 4.74 Å². The van der Waals surface area contributed by atoms with E-state index in [-0.39, 0.29) is 6.10 Å². The van der Waals surface area contributed by atoms with Crippen LogP contribution in [0.25, 0.3) is 22.4 Å². The number of hydrogen-bond donors (Lipinski definition) is 2. The molecule has 176 valence electrons. The summed E-state index contributed by atoms with van der Waals surface area (Å²) >= 11 is 1.34. The molecule has 1 atom stereocenters. The van der Waals surface area contributed by atoms with Gasteiger partial charge in [-0.1, -0.05) is 78.9 Å². The summed E-state index contributed by atoms with van der Waals surface area (Å²) in [4.78, 5) is 28.5. The summed E-state index contributed by atoms with van der Waals surface area (Å²) in [5.74, 6) is -0.749. The summed E-state index contributed by atoms with van der Waals surface area (Å²) in [6.07, 6.45) is 0.486. The fourth-order valence-corrected chi connectivity index (χ4v) is 4.86. The number of aliphatic carboxylic acids is 1. The standard InChI is InChI=1S/C28H24N2O4S/c1-18(19-5-3-2-4-6-19)34-27(33)30-25-24(29-17-35-25)22-9-7-20(8-10-22)21-11-13-23(14-12-21)28(15-16-28)26(31)32/h2-14,17-18H,15-16H2,1H3,(H,30,33)(H,31,32). The Hall–Kier alpha value is -3.97. The predicted octanol–water partition coefficient (Wildman–Crippen LogP) is 6.90. The predicted molar refractivity (Wildman–Crippen MR) is 136 cm³/mol. The average molecular weight is 485 g/mol. The van der Waals surface area contributed by atoms with Gasteiger partial charge in [0.15, 0.2) is 0 Å². The third-order valence-electron chi connectivity index (χ3n) is 6.42. The first-order valence-corrected chi connectivity index (χ1v) is 12.2. The molecule has 0 spiro atoms. The second kappa shape index (κ2) is 9.35. The lowest BCUT2D eigenvalue weighted by Crippen LogP contribution is -2.19. The number of carboxylic acid groups (broad SMARTS) is 1. The molecule has 6 nitrogen and oxygen atoms in total. The highest BCUT2D eigenvalue weighted by Crippen LogP contribution is 2.48. The Morgan fingerprint density at radius 3 is 2.14 bits per heavy atom. The quantitative estimate of drug-likeness (QED) is 0.298. The molecule has 3 aromatic carbocycles. The van der Waals surface area contributed by atoms with Gasteiger partial charge in [-0.05, 0) is 42.0 Å². The molecule has 0 bridgehead atoms. The maximum atomic E-state index is 12.5. The van der Waals surface area contributed by atoms with Crippen LogP contribution in [0.4, 0.5) is 9.80 Å². The van der Waals surface area contributed by atoms with Gasteiger partial charge in [0.2, 0.25) is 0 Å². The maximum absolute atomic E-state index is 12.5. The molecule has 0 saturated heterocycles. The van der Waals surface area contributed by atoms with Crippen LogP contribution in [0.1, 0.15) is 37.0 Å². The average Bonchev–Trinajstić information content (AvgIpc) is 3.58. The number of benzene rings is 3. The minimum Gasteiger partial charge on any atom is -0.481 e. The molecule has 5 rings (SSSR count). The normalized spacial score (nSPS) is 14.7. The number of nitrogens with one attached hydrogen (secondary N) is 1. The second-order valence-corrected chi connectivity index (χ2v) is 9.51. The number of thiazole rings is 1. The highest BCUT2D eigenvalue weighted by atomic mass is 32.1. The van der Waals surface area contributed by atoms with Gasteiger partial charge in [0, 0.05) is 5.56 Å². The van der Waals surface area contributed by atoms with Crippen LogP contribution in [-0.4, -0.2) is 22.2 Å². The van der Waals surface area contributed by atoms with Crippen LogP contribution in [0.2, 0.25) is 0 Å². The number of carboxylic acids is 1. The van der Waals surface area contributed by atoms with Gasteiger partial charge in [0.05, 0.1) is 10.9 Å². The van der Waals surface area contributed by atoms with Gasteiger partial charge in [-0.3, -0.25) is 10.1 Å². The number of nitrogens with zero attached hydrogens (tertiary/aromatic N) is 1. The zero-order valence-electron chi connectivity index (χ0n) is 19.1. The molecular formula is C28H24N2O4S. The topological polar surface area (TPSA) is 88.5 Å². The van der Waals surface area contributed by atoms with E-state index in [9.17, 15) is 14.7 Å². The van der Waals surface area contributed by atoms with Crippen molar-refractivity contribution in [2.75, 3.05) is 5.32 Å². The zero-order valence-corrected chi connectivity index (χ0v) is 19.9. The first-order valence-electron chi connectivity index (χ1n) is 11.4. The third-order valence-corrected chi connectivity index (χ3v) is 7.17. The van der Waals surface area contributed by atoms with Gasteiger partial charge in [-0.2, -0.15) is 0 Å². The smallest absolute Gasteiger partial charge is 0.412 e. The molecule has 1 aromatic heterocycles. The van der Waals surface area contributed by atoms with Crippen molar-refractivity contribution in [3.63, 3.8) is 0 Å². The van der Waals surface area contributed by atoms with Gasteiger partial charge < -0.3 is 9.84 Å². The van der Waals surface area contributed by atoms with Crippen LogP contribution in [0.5, 0.6) is 0 Å². The van der Waals surface area contributed by atoms with Crippen molar-refractivity contribution < 1.29 is 19.4 Å². The lowest BCUT2D eigenvalue weighted by atomic mass is 9.93. The molecule has 1 unspecified atom stereocenters. The maximum Gasteiger partial charge on any atom is 0.412 e. The fraction of sp³-hybridized carbons (Fsp3) is 0.179. The summed E-state index contributed by atoms with van der Waals surface area (Å²) < 4.78 is 5.52. The molecule has 1 heterocycles. The molecule has 1 aliphatic rings. The molecule has 1 aliphatic carbocycles. The van der Waals surface area contributed by atoms with E-state index in [0.717, 1.165) is 27.8 Å². The van der Waals surface area contributed by atoms with Gasteiger partial charge in [0.1, 0.15) is 16.8 Å². The van der Waals surface area contributed by atoms with Gasteiger partial charge in [-0.25, -0.2) is 9.78 Å². The Morgan fingerprint density at radius 2 is 1.54 bits per heavy atom. The van der Waals surface area contributed by atoms with Crippen LogP contribution in [0.15, 0.2) is 84.4 Å². The number of hydrogen-bond acceptors (Lipinski definition) is 5. The number of carbonyl (C=O) groups excluding carboxylic acids is 1. The number of amides is 1. The van der Waals surface area contributed by atoms with Crippen LogP contribution < -0.4 is 5.32 Å². The van der Waals surface area contributed by atoms with Crippen molar-refractivity contribution in [2.45, 2.75) is 31.3 Å². The molecule has 0 radical (unpaired) electrons. The second-order valence-electron chi connectivity index (χ2n) is 8.66. The molecule has 35 heavy (non-hydrogen) atoms. The minimum atomic E-state index is -0.749. The lowest BCUT2D eigenvalue weighted by molar-refractivity contribution is -0.140. The minimum absolute atomic E-state index is 0.372. The highest BCUT2D eigenvalue weighted by Gasteiger charge is 2.51. The van der Waals surface area contributed by atoms with Crippen molar-refractivity contribution in [2.24, 2.45) is 0 Å². The summed E-state index contributed by atoms with van der Waals surface area (Å²) in [6.45, 7) is 1.83. The van der Waals surface area contributed by atoms with E-state index >= 15 is 0 Å². The summed E-state index contributed by atoms with van der Waals surface area (Å²) in [6, 6.07) is 25.2. The molecular weight excluding hydrogens is 460 g/mol. The largest absolute Gasteiger partial charge is 0.481 e. The molecule has 7 heteroatoms. The first-order chi connectivity index (χ1) is 17.0. The van der Waals surface area contributed by atoms with E-state index in [0.29, 0.717) is 23.5 Å². The Bertz CT molecular complexity index is 1340. The molecule has 1 amide bonds. The first kappa shape index (κ1) is 22.8. The van der Waals surface area contributed by atoms with Gasteiger partial charge >= 0.3 is 12.1 Å². The van der Waals surface area contributed by atoms with Crippen molar-refractivity contribution >= 4 is 28.4 Å². The Balaban J connectivity index is 1.27. The summed E-state index contributed by atoms with van der Waals surface area (Å²) in [7, 11) is 0. The number of carbonyl (C=O) groups is 2.